The van der Waals surface area contributed by atoms with Crippen molar-refractivity contribution in [1.29, 1.82) is 0 Å². The van der Waals surface area contributed by atoms with E-state index in [1.165, 1.54) is 0 Å². The van der Waals surface area contributed by atoms with Crippen LogP contribution in [0.4, 0.5) is 0 Å². The Kier molecular flexibility index (Phi) is 5.79. The number of rotatable bonds is 4. The first kappa shape index (κ1) is 15.3. The van der Waals surface area contributed by atoms with E-state index in [0.29, 0.717) is 26.3 Å². The van der Waals surface area contributed by atoms with Crippen LogP contribution in [0.5, 0.6) is 0 Å². The van der Waals surface area contributed by atoms with E-state index < -0.39 is 6.04 Å². The van der Waals surface area contributed by atoms with Crippen LogP contribution in [-0.2, 0) is 14.3 Å². The highest BCUT2D eigenvalue weighted by atomic mass is 16.5. The second kappa shape index (κ2) is 7.59. The van der Waals surface area contributed by atoms with Crippen LogP contribution in [0, 0.1) is 5.92 Å². The van der Waals surface area contributed by atoms with E-state index in [4.69, 9.17) is 4.74 Å². The first-order valence-corrected chi connectivity index (χ1v) is 7.60. The molecule has 0 spiro atoms. The lowest BCUT2D eigenvalue weighted by Crippen LogP contribution is -2.58. The average Bonchev–Trinajstić information content (AvgIpc) is 2.52. The van der Waals surface area contributed by atoms with Crippen LogP contribution in [0.2, 0.25) is 0 Å². The van der Waals surface area contributed by atoms with E-state index >= 15 is 0 Å². The molecule has 0 aromatic rings. The fraction of sp³-hybridized carbons (Fsp3) is 0.857. The maximum absolute atomic E-state index is 12.6. The van der Waals surface area contributed by atoms with E-state index in [0.717, 1.165) is 32.4 Å². The van der Waals surface area contributed by atoms with Crippen LogP contribution in [-0.4, -0.2) is 62.1 Å². The zero-order valence-electron chi connectivity index (χ0n) is 12.2. The van der Waals surface area contributed by atoms with Gasteiger partial charge >= 0.3 is 0 Å². The third-order valence-electron chi connectivity index (χ3n) is 3.91. The third kappa shape index (κ3) is 3.70. The number of carbonyl (C=O) groups excluding carboxylic acids is 2. The summed E-state index contributed by atoms with van der Waals surface area (Å²) in [6.45, 7) is 5.69. The lowest BCUT2D eigenvalue weighted by Gasteiger charge is -2.37. The van der Waals surface area contributed by atoms with Gasteiger partial charge in [-0.3, -0.25) is 9.59 Å². The summed E-state index contributed by atoms with van der Waals surface area (Å²) in [7, 11) is 0. The highest BCUT2D eigenvalue weighted by molar-refractivity contribution is 5.89. The Morgan fingerprint density at radius 3 is 3.00 bits per heavy atom. The molecule has 1 unspecified atom stereocenters. The number of amides is 2. The largest absolute Gasteiger partial charge is 0.377 e. The summed E-state index contributed by atoms with van der Waals surface area (Å²) in [5.41, 5.74) is 0. The fourth-order valence-corrected chi connectivity index (χ4v) is 2.75. The molecule has 2 amide bonds. The van der Waals surface area contributed by atoms with Gasteiger partial charge in [0, 0.05) is 19.6 Å². The first-order chi connectivity index (χ1) is 9.74. The number of carbonyl (C=O) groups is 2. The second-order valence-corrected chi connectivity index (χ2v) is 5.46. The average molecular weight is 283 g/mol. The van der Waals surface area contributed by atoms with E-state index in [1.54, 1.807) is 4.90 Å². The third-order valence-corrected chi connectivity index (χ3v) is 3.91. The van der Waals surface area contributed by atoms with E-state index in [9.17, 15) is 9.59 Å². The van der Waals surface area contributed by atoms with Crippen LogP contribution in [0.15, 0.2) is 0 Å². The van der Waals surface area contributed by atoms with Crippen LogP contribution in [0.25, 0.3) is 0 Å². The maximum Gasteiger partial charge on any atom is 0.245 e. The van der Waals surface area contributed by atoms with Crippen molar-refractivity contribution in [3.63, 3.8) is 0 Å². The molecule has 0 aromatic heterocycles. The summed E-state index contributed by atoms with van der Waals surface area (Å²) in [6, 6.07) is -0.468. The van der Waals surface area contributed by atoms with Gasteiger partial charge in [-0.1, -0.05) is 6.92 Å². The Labute approximate surface area is 120 Å². The van der Waals surface area contributed by atoms with Gasteiger partial charge in [-0.05, 0) is 25.8 Å². The predicted molar refractivity (Wildman–Crippen MR) is 75.2 cm³/mol. The molecular formula is C14H25N3O3. The molecule has 0 bridgehead atoms. The molecule has 6 nitrogen and oxygen atoms in total. The molecule has 0 aliphatic carbocycles. The molecule has 2 aliphatic heterocycles. The summed E-state index contributed by atoms with van der Waals surface area (Å²) in [5.74, 6) is 0.00384. The van der Waals surface area contributed by atoms with Gasteiger partial charge in [-0.25, -0.2) is 0 Å². The Morgan fingerprint density at radius 2 is 2.30 bits per heavy atom. The Balaban J connectivity index is 1.98. The molecule has 2 aliphatic rings. The molecule has 0 aromatic carbocycles. The van der Waals surface area contributed by atoms with Gasteiger partial charge in [0.15, 0.2) is 0 Å². The minimum atomic E-state index is -0.468. The lowest BCUT2D eigenvalue weighted by atomic mass is 9.97. The van der Waals surface area contributed by atoms with Gasteiger partial charge in [-0.2, -0.15) is 0 Å². The lowest BCUT2D eigenvalue weighted by molar-refractivity contribution is -0.152. The van der Waals surface area contributed by atoms with Gasteiger partial charge in [0.2, 0.25) is 11.8 Å². The standard InChI is InChI=1S/C14H25N3O3/c1-2-5-16-13(18)12-10-20-8-7-17(12)14(19)11-4-3-6-15-9-11/h11-12,15H,2-10H2,1H3,(H,16,18)/t11-,12?/m0/s1. The van der Waals surface area contributed by atoms with Gasteiger partial charge < -0.3 is 20.3 Å². The van der Waals surface area contributed by atoms with E-state index in [-0.39, 0.29) is 17.7 Å². The van der Waals surface area contributed by atoms with Crippen molar-refractivity contribution < 1.29 is 14.3 Å². The molecular weight excluding hydrogens is 258 g/mol. The van der Waals surface area contributed by atoms with Crippen LogP contribution < -0.4 is 10.6 Å². The normalized spacial score (nSPS) is 27.1. The number of hydrogen-bond acceptors (Lipinski definition) is 4. The summed E-state index contributed by atoms with van der Waals surface area (Å²) in [5, 5.41) is 6.12. The van der Waals surface area contributed by atoms with Crippen LogP contribution in [0.3, 0.4) is 0 Å². The Hall–Kier alpha value is -1.14. The van der Waals surface area contributed by atoms with Gasteiger partial charge in [0.05, 0.1) is 19.1 Å². The van der Waals surface area contributed by atoms with Crippen molar-refractivity contribution in [3.05, 3.63) is 0 Å². The van der Waals surface area contributed by atoms with Crippen molar-refractivity contribution in [2.24, 2.45) is 5.92 Å². The van der Waals surface area contributed by atoms with Crippen LogP contribution >= 0.6 is 0 Å². The molecule has 2 fully saturated rings. The van der Waals surface area contributed by atoms with Crippen molar-refractivity contribution in [2.45, 2.75) is 32.2 Å². The summed E-state index contributed by atoms with van der Waals surface area (Å²) >= 11 is 0. The highest BCUT2D eigenvalue weighted by Gasteiger charge is 2.36. The monoisotopic (exact) mass is 283 g/mol. The summed E-state index contributed by atoms with van der Waals surface area (Å²) in [4.78, 5) is 26.5. The second-order valence-electron chi connectivity index (χ2n) is 5.46. The number of nitrogens with one attached hydrogen (secondary N) is 2. The number of piperidine rings is 1. The number of nitrogens with zero attached hydrogens (tertiary/aromatic N) is 1. The molecule has 6 heteroatoms. The van der Waals surface area contributed by atoms with E-state index in [2.05, 4.69) is 10.6 Å². The topological polar surface area (TPSA) is 70.7 Å². The van der Waals surface area contributed by atoms with Gasteiger partial charge in [-0.15, -0.1) is 0 Å². The predicted octanol–water partition coefficient (Wildman–Crippen LogP) is -0.260. The molecule has 2 rings (SSSR count). The highest BCUT2D eigenvalue weighted by Crippen LogP contribution is 2.17. The maximum atomic E-state index is 12.6. The fourth-order valence-electron chi connectivity index (χ4n) is 2.75. The molecule has 2 saturated heterocycles. The Morgan fingerprint density at radius 1 is 1.45 bits per heavy atom. The summed E-state index contributed by atoms with van der Waals surface area (Å²) < 4.78 is 5.38. The molecule has 114 valence electrons. The quantitative estimate of drug-likeness (QED) is 0.746. The molecule has 20 heavy (non-hydrogen) atoms. The molecule has 0 radical (unpaired) electrons. The van der Waals surface area contributed by atoms with Gasteiger partial charge in [0.25, 0.3) is 0 Å². The number of ether oxygens (including phenoxy) is 1. The molecule has 2 atom stereocenters. The van der Waals surface area contributed by atoms with Crippen molar-refractivity contribution >= 4 is 11.8 Å². The molecule has 2 heterocycles. The molecule has 0 saturated carbocycles. The smallest absolute Gasteiger partial charge is 0.245 e. The minimum Gasteiger partial charge on any atom is -0.377 e. The van der Waals surface area contributed by atoms with Crippen molar-refractivity contribution in [2.75, 3.05) is 39.4 Å². The summed E-state index contributed by atoms with van der Waals surface area (Å²) in [6.07, 6.45) is 2.82. The zero-order valence-corrected chi connectivity index (χ0v) is 12.2. The SMILES string of the molecule is CCCNC(=O)C1COCCN1C(=O)[C@H]1CCCNC1. The van der Waals surface area contributed by atoms with Crippen LogP contribution in [0.1, 0.15) is 26.2 Å². The number of morpholine rings is 1. The van der Waals surface area contributed by atoms with Gasteiger partial charge in [0.1, 0.15) is 6.04 Å². The number of hydrogen-bond donors (Lipinski definition) is 2. The van der Waals surface area contributed by atoms with Crippen molar-refractivity contribution in [3.8, 4) is 0 Å². The minimum absolute atomic E-state index is 0.00308. The van der Waals surface area contributed by atoms with Crippen molar-refractivity contribution in [1.82, 2.24) is 15.5 Å². The Bertz CT molecular complexity index is 343. The zero-order chi connectivity index (χ0) is 14.4. The van der Waals surface area contributed by atoms with E-state index in [1.807, 2.05) is 6.92 Å². The molecule has 2 N–H and O–H groups in total. The first-order valence-electron chi connectivity index (χ1n) is 7.60.